The van der Waals surface area contributed by atoms with Gasteiger partial charge in [-0.3, -0.25) is 9.35 Å². The zero-order valence-electron chi connectivity index (χ0n) is 21.0. The number of hydrogen-bond donors (Lipinski definition) is 2. The average molecular weight is 596 g/mol. The number of rotatable bonds is 7. The van der Waals surface area contributed by atoms with E-state index < -0.39 is 26.7 Å². The summed E-state index contributed by atoms with van der Waals surface area (Å²) < 4.78 is 38.1. The molecule has 0 saturated carbocycles. The molecule has 39 heavy (non-hydrogen) atoms. The van der Waals surface area contributed by atoms with Crippen molar-refractivity contribution in [3.8, 4) is 11.5 Å². The summed E-state index contributed by atoms with van der Waals surface area (Å²) in [6, 6.07) is 15.3. The van der Waals surface area contributed by atoms with Crippen LogP contribution in [-0.4, -0.2) is 26.0 Å². The van der Waals surface area contributed by atoms with Crippen LogP contribution in [0.3, 0.4) is 0 Å². The molecular formula is C26H20Cl2N3NaO6S. The molecule has 9 nitrogen and oxygen atoms in total. The quantitative estimate of drug-likeness (QED) is 0.189. The second-order valence-electron chi connectivity index (χ2n) is 8.04. The molecule has 4 aromatic carbocycles. The molecule has 0 atom stereocenters. The molecule has 0 radical (unpaired) electrons. The van der Waals surface area contributed by atoms with Gasteiger partial charge in [0.15, 0.2) is 0 Å². The van der Waals surface area contributed by atoms with Gasteiger partial charge >= 0.3 is 29.6 Å². The summed E-state index contributed by atoms with van der Waals surface area (Å²) in [4.78, 5) is 12.7. The molecule has 0 bridgehead atoms. The molecule has 0 spiro atoms. The van der Waals surface area contributed by atoms with E-state index in [2.05, 4.69) is 15.5 Å². The van der Waals surface area contributed by atoms with Crippen molar-refractivity contribution in [2.45, 2.75) is 18.2 Å². The fourth-order valence-corrected chi connectivity index (χ4v) is 4.84. The number of amides is 1. The molecule has 0 aromatic heterocycles. The molecule has 196 valence electrons. The molecule has 13 heteroatoms. The summed E-state index contributed by atoms with van der Waals surface area (Å²) in [5, 5.41) is 25.4. The maximum atomic E-state index is 13.4. The first-order chi connectivity index (χ1) is 18.0. The molecule has 2 N–H and O–H groups in total. The fraction of sp³-hybridized carbons (Fsp3) is 0.115. The molecule has 0 unspecified atom stereocenters. The molecule has 0 saturated heterocycles. The number of carbonyl (C=O) groups excluding carboxylic acids is 1. The Labute approximate surface area is 256 Å². The molecule has 1 amide bonds. The van der Waals surface area contributed by atoms with Crippen LogP contribution in [0.2, 0.25) is 10.0 Å². The Morgan fingerprint density at radius 1 is 1.05 bits per heavy atom. The van der Waals surface area contributed by atoms with Gasteiger partial charge in [-0.1, -0.05) is 66.2 Å². The number of fused-ring (bicyclic) bond motifs is 1. The summed E-state index contributed by atoms with van der Waals surface area (Å²) in [5.74, 6) is -1.11. The monoisotopic (exact) mass is 595 g/mol. The SMILES string of the molecule is CCc1cc(S(=O)(=O)O)cc(N=Nc2c([O-])c(C(=O)Nc3cccc(OC)c3Cl)cc3ccccc23)c1Cl.[Na+]. The minimum absolute atomic E-state index is 0. The number of anilines is 1. The van der Waals surface area contributed by atoms with Crippen molar-refractivity contribution < 1.29 is 57.2 Å². The van der Waals surface area contributed by atoms with Gasteiger partial charge in [0.2, 0.25) is 0 Å². The number of ether oxygens (including phenoxy) is 1. The third-order valence-corrected chi connectivity index (χ3v) is 7.35. The molecule has 4 aromatic rings. The van der Waals surface area contributed by atoms with E-state index in [1.165, 1.54) is 19.2 Å². The van der Waals surface area contributed by atoms with Gasteiger partial charge in [-0.2, -0.15) is 13.5 Å². The van der Waals surface area contributed by atoms with E-state index in [0.29, 0.717) is 28.5 Å². The van der Waals surface area contributed by atoms with E-state index in [1.807, 2.05) is 0 Å². The number of benzene rings is 4. The zero-order valence-corrected chi connectivity index (χ0v) is 25.4. The topological polar surface area (TPSA) is 140 Å². The Hall–Kier alpha value is -2.70. The van der Waals surface area contributed by atoms with Crippen molar-refractivity contribution in [2.75, 3.05) is 12.4 Å². The van der Waals surface area contributed by atoms with Gasteiger partial charge in [0.25, 0.3) is 16.0 Å². The predicted molar refractivity (Wildman–Crippen MR) is 144 cm³/mol. The molecular weight excluding hydrogens is 576 g/mol. The number of halogens is 2. The molecule has 0 aliphatic rings. The van der Waals surface area contributed by atoms with Gasteiger partial charge in [-0.05, 0) is 47.7 Å². The van der Waals surface area contributed by atoms with Crippen molar-refractivity contribution >= 4 is 67.1 Å². The van der Waals surface area contributed by atoms with Gasteiger partial charge < -0.3 is 15.2 Å². The second kappa shape index (κ2) is 12.6. The van der Waals surface area contributed by atoms with Gasteiger partial charge in [-0.25, -0.2) is 0 Å². The van der Waals surface area contributed by atoms with Crippen molar-refractivity contribution in [3.63, 3.8) is 0 Å². The van der Waals surface area contributed by atoms with Gasteiger partial charge in [0.1, 0.15) is 16.5 Å². The van der Waals surface area contributed by atoms with Crippen LogP contribution < -0.4 is 44.7 Å². The molecule has 4 rings (SSSR count). The van der Waals surface area contributed by atoms with Crippen molar-refractivity contribution in [2.24, 2.45) is 10.2 Å². The van der Waals surface area contributed by atoms with Crippen LogP contribution in [0.25, 0.3) is 10.8 Å². The van der Waals surface area contributed by atoms with E-state index in [9.17, 15) is 22.9 Å². The van der Waals surface area contributed by atoms with Crippen molar-refractivity contribution in [3.05, 3.63) is 81.8 Å². The Kier molecular flexibility index (Phi) is 10.0. The van der Waals surface area contributed by atoms with Gasteiger partial charge in [0.05, 0.1) is 28.4 Å². The molecule has 0 fully saturated rings. The minimum Gasteiger partial charge on any atom is -0.870 e. The first kappa shape index (κ1) is 30.8. The maximum absolute atomic E-state index is 13.4. The summed E-state index contributed by atoms with van der Waals surface area (Å²) in [6.07, 6.45) is 0.350. The maximum Gasteiger partial charge on any atom is 1.00 e. The van der Waals surface area contributed by atoms with Crippen LogP contribution in [0.5, 0.6) is 11.5 Å². The number of aryl methyl sites for hydroxylation is 1. The van der Waals surface area contributed by atoms with Crippen LogP contribution in [-0.2, 0) is 16.5 Å². The first-order valence-electron chi connectivity index (χ1n) is 11.1. The number of methoxy groups -OCH3 is 1. The number of nitrogens with one attached hydrogen (secondary N) is 1. The second-order valence-corrected chi connectivity index (χ2v) is 10.2. The van der Waals surface area contributed by atoms with E-state index in [-0.39, 0.29) is 62.2 Å². The summed E-state index contributed by atoms with van der Waals surface area (Å²) >= 11 is 12.7. The van der Waals surface area contributed by atoms with Gasteiger partial charge in [0, 0.05) is 10.9 Å². The summed E-state index contributed by atoms with van der Waals surface area (Å²) in [5.41, 5.74) is 0.207. The Balaban J connectivity index is 0.00000420. The third kappa shape index (κ3) is 6.55. The molecule has 0 heterocycles. The van der Waals surface area contributed by atoms with E-state index in [1.54, 1.807) is 49.4 Å². The van der Waals surface area contributed by atoms with Crippen LogP contribution in [0.4, 0.5) is 17.1 Å². The Morgan fingerprint density at radius 3 is 2.44 bits per heavy atom. The Morgan fingerprint density at radius 2 is 1.77 bits per heavy atom. The summed E-state index contributed by atoms with van der Waals surface area (Å²) in [7, 11) is -3.12. The largest absolute Gasteiger partial charge is 1.00 e. The molecule has 0 aliphatic carbocycles. The fourth-order valence-electron chi connectivity index (χ4n) is 3.75. The van der Waals surface area contributed by atoms with Crippen LogP contribution >= 0.6 is 23.2 Å². The van der Waals surface area contributed by atoms with Crippen molar-refractivity contribution in [1.29, 1.82) is 0 Å². The summed E-state index contributed by atoms with van der Waals surface area (Å²) in [6.45, 7) is 1.75. The van der Waals surface area contributed by atoms with Crippen LogP contribution in [0.1, 0.15) is 22.8 Å². The number of nitrogens with zero attached hydrogens (tertiary/aromatic N) is 2. The van der Waals surface area contributed by atoms with E-state index >= 15 is 0 Å². The Bertz CT molecular complexity index is 1710. The smallest absolute Gasteiger partial charge is 0.870 e. The number of azo groups is 1. The van der Waals surface area contributed by atoms with E-state index in [0.717, 1.165) is 6.07 Å². The van der Waals surface area contributed by atoms with Crippen LogP contribution in [0, 0.1) is 0 Å². The first-order valence-corrected chi connectivity index (χ1v) is 13.3. The van der Waals surface area contributed by atoms with Crippen molar-refractivity contribution in [1.82, 2.24) is 0 Å². The van der Waals surface area contributed by atoms with Crippen LogP contribution in [0.15, 0.2) is 75.8 Å². The average Bonchev–Trinajstić information content (AvgIpc) is 2.89. The van der Waals surface area contributed by atoms with E-state index in [4.69, 9.17) is 27.9 Å². The standard InChI is InChI=1S/C26H21Cl2N3O6S.Na/c1-3-14-11-16(38(34,35)36)13-20(22(14)27)30-31-24-17-8-5-4-7-15(17)12-18(25(24)32)26(33)29-19-9-6-10-21(37-2)23(19)28;/h4-13,32H,3H2,1-2H3,(H,29,33)(H,34,35,36);/q;+1/p-1. The number of hydrogen-bond acceptors (Lipinski definition) is 7. The molecule has 0 aliphatic heterocycles. The predicted octanol–water partition coefficient (Wildman–Crippen LogP) is 3.71. The normalized spacial score (nSPS) is 11.4. The minimum atomic E-state index is -4.55. The third-order valence-electron chi connectivity index (χ3n) is 5.69. The zero-order chi connectivity index (χ0) is 27.6. The van der Waals surface area contributed by atoms with Gasteiger partial charge in [-0.15, -0.1) is 5.11 Å². The number of carbonyl (C=O) groups is 1.